The molecule has 9 rings (SSSR count). The number of methoxy groups -OCH3 is 3. The first-order valence-electron chi connectivity index (χ1n) is 18.7. The van der Waals surface area contributed by atoms with Crippen LogP contribution in [0.5, 0.6) is 23.0 Å². The van der Waals surface area contributed by atoms with Crippen molar-refractivity contribution in [3.8, 4) is 51.3 Å². The summed E-state index contributed by atoms with van der Waals surface area (Å²) in [6, 6.07) is 37.6. The van der Waals surface area contributed by atoms with Gasteiger partial charge in [0, 0.05) is 40.6 Å². The largest absolute Gasteiger partial charge is 0.497 e. The van der Waals surface area contributed by atoms with Crippen molar-refractivity contribution >= 4 is 22.5 Å². The zero-order valence-corrected chi connectivity index (χ0v) is 31.7. The van der Waals surface area contributed by atoms with Crippen LogP contribution in [0.1, 0.15) is 47.2 Å². The number of nitrogens with zero attached hydrogens (tertiary/aromatic N) is 2. The van der Waals surface area contributed by atoms with Crippen molar-refractivity contribution in [3.63, 3.8) is 0 Å². The lowest BCUT2D eigenvalue weighted by atomic mass is 9.76. The van der Waals surface area contributed by atoms with Gasteiger partial charge in [-0.2, -0.15) is 5.26 Å². The predicted molar refractivity (Wildman–Crippen MR) is 218 cm³/mol. The standard InChI is InChI=1S/C48H42N2O5/c1-47(2)41-26-32(31-8-6-30(29-49)7-9-31)10-19-37(41)44-39-27-42(50-22-24-54-25-23-50)43(53-5)28-40(39)46-38(45(44)47)20-21-48(55-46,33-11-15-35(51-3)16-12-33)34-13-17-36(52-4)18-14-34/h6-21,26-28H,22-25H2,1-5H3. The lowest BCUT2D eigenvalue weighted by molar-refractivity contribution is 0.122. The second-order valence-corrected chi connectivity index (χ2v) is 14.9. The molecule has 1 aliphatic carbocycles. The summed E-state index contributed by atoms with van der Waals surface area (Å²) in [7, 11) is 5.10. The number of benzene rings is 6. The van der Waals surface area contributed by atoms with Gasteiger partial charge in [0.05, 0.1) is 51.9 Å². The van der Waals surface area contributed by atoms with E-state index >= 15 is 0 Å². The third kappa shape index (κ3) is 5.43. The van der Waals surface area contributed by atoms with Crippen LogP contribution in [0, 0.1) is 11.3 Å². The van der Waals surface area contributed by atoms with E-state index < -0.39 is 5.60 Å². The van der Waals surface area contributed by atoms with Gasteiger partial charge in [-0.05, 0) is 99.4 Å². The SMILES string of the molecule is COc1ccc(C2(c3ccc(OC)cc3)C=Cc3c4c(c5cc(N6CCOCC6)c(OC)cc5c3O2)-c2ccc(-c3ccc(C#N)cc3)cc2C4(C)C)cc1. The van der Waals surface area contributed by atoms with E-state index in [2.05, 4.69) is 91.6 Å². The molecule has 6 aromatic rings. The molecule has 1 fully saturated rings. The molecular weight excluding hydrogens is 685 g/mol. The molecule has 7 nitrogen and oxygen atoms in total. The van der Waals surface area contributed by atoms with Crippen molar-refractivity contribution < 1.29 is 23.7 Å². The number of hydrogen-bond acceptors (Lipinski definition) is 7. The van der Waals surface area contributed by atoms with Crippen molar-refractivity contribution in [3.05, 3.63) is 143 Å². The minimum atomic E-state index is -0.957. The summed E-state index contributed by atoms with van der Waals surface area (Å²) in [6.45, 7) is 7.53. The van der Waals surface area contributed by atoms with E-state index in [1.807, 2.05) is 48.5 Å². The first-order valence-corrected chi connectivity index (χ1v) is 18.7. The molecule has 1 saturated heterocycles. The molecule has 0 amide bonds. The van der Waals surface area contributed by atoms with E-state index in [0.717, 1.165) is 80.4 Å². The van der Waals surface area contributed by atoms with E-state index in [1.54, 1.807) is 21.3 Å². The normalized spacial score (nSPS) is 16.0. The smallest absolute Gasteiger partial charge is 0.178 e. The van der Waals surface area contributed by atoms with Crippen LogP contribution in [-0.4, -0.2) is 47.6 Å². The maximum atomic E-state index is 9.43. The molecule has 0 aromatic heterocycles. The van der Waals surface area contributed by atoms with Crippen LogP contribution in [0.4, 0.5) is 5.69 Å². The highest BCUT2D eigenvalue weighted by Crippen LogP contribution is 2.59. The number of nitriles is 1. The van der Waals surface area contributed by atoms with E-state index in [4.69, 9.17) is 23.7 Å². The Balaban J connectivity index is 1.32. The molecule has 0 saturated carbocycles. The lowest BCUT2D eigenvalue weighted by Crippen LogP contribution is -2.36. The van der Waals surface area contributed by atoms with Gasteiger partial charge in [-0.25, -0.2) is 0 Å². The molecule has 0 bridgehead atoms. The number of ether oxygens (including phenoxy) is 5. The van der Waals surface area contributed by atoms with Crippen molar-refractivity contribution in [1.82, 2.24) is 0 Å². The third-order valence-corrected chi connectivity index (χ3v) is 11.7. The Hall–Kier alpha value is -6.23. The highest BCUT2D eigenvalue weighted by atomic mass is 16.5. The Labute approximate surface area is 321 Å². The van der Waals surface area contributed by atoms with Crippen LogP contribution >= 0.6 is 0 Å². The molecule has 0 radical (unpaired) electrons. The second-order valence-electron chi connectivity index (χ2n) is 14.9. The Morgan fingerprint density at radius 3 is 1.95 bits per heavy atom. The fourth-order valence-corrected chi connectivity index (χ4v) is 8.78. The summed E-state index contributed by atoms with van der Waals surface area (Å²) >= 11 is 0. The van der Waals surface area contributed by atoms with Gasteiger partial charge in [-0.3, -0.25) is 0 Å². The topological polar surface area (TPSA) is 73.2 Å². The molecule has 274 valence electrons. The van der Waals surface area contributed by atoms with Gasteiger partial charge in [-0.1, -0.05) is 68.5 Å². The first kappa shape index (κ1) is 34.5. The van der Waals surface area contributed by atoms with Crippen LogP contribution in [-0.2, 0) is 15.8 Å². The van der Waals surface area contributed by atoms with Crippen LogP contribution in [0.15, 0.2) is 109 Å². The first-order chi connectivity index (χ1) is 26.8. The minimum Gasteiger partial charge on any atom is -0.497 e. The van der Waals surface area contributed by atoms with Crippen molar-refractivity contribution in [2.24, 2.45) is 0 Å². The maximum absolute atomic E-state index is 9.43. The number of anilines is 1. The van der Waals surface area contributed by atoms with Crippen LogP contribution in [0.2, 0.25) is 0 Å². The van der Waals surface area contributed by atoms with Crippen LogP contribution in [0.25, 0.3) is 39.1 Å². The van der Waals surface area contributed by atoms with E-state index in [1.165, 1.54) is 22.3 Å². The summed E-state index contributed by atoms with van der Waals surface area (Å²) in [4.78, 5) is 2.36. The Morgan fingerprint density at radius 2 is 1.35 bits per heavy atom. The molecule has 2 heterocycles. The zero-order valence-electron chi connectivity index (χ0n) is 31.7. The highest BCUT2D eigenvalue weighted by Gasteiger charge is 2.45. The number of rotatable bonds is 7. The Kier molecular flexibility index (Phi) is 8.33. The Bertz CT molecular complexity index is 2480. The summed E-state index contributed by atoms with van der Waals surface area (Å²) < 4.78 is 30.6. The average Bonchev–Trinajstić information content (AvgIpc) is 3.49. The van der Waals surface area contributed by atoms with E-state index in [9.17, 15) is 5.26 Å². The lowest BCUT2D eigenvalue weighted by Gasteiger charge is -2.39. The van der Waals surface area contributed by atoms with Gasteiger partial charge in [0.25, 0.3) is 0 Å². The van der Waals surface area contributed by atoms with Gasteiger partial charge < -0.3 is 28.6 Å². The van der Waals surface area contributed by atoms with Gasteiger partial charge in [0.1, 0.15) is 23.0 Å². The fourth-order valence-electron chi connectivity index (χ4n) is 8.78. The summed E-state index contributed by atoms with van der Waals surface area (Å²) in [5.41, 5.74) is 10.5. The monoisotopic (exact) mass is 726 g/mol. The summed E-state index contributed by atoms with van der Waals surface area (Å²) in [5, 5.41) is 11.5. The number of morpholine rings is 1. The minimum absolute atomic E-state index is 0.376. The van der Waals surface area contributed by atoms with Gasteiger partial charge >= 0.3 is 0 Å². The van der Waals surface area contributed by atoms with Crippen molar-refractivity contribution in [2.45, 2.75) is 24.9 Å². The summed E-state index contributed by atoms with van der Waals surface area (Å²) in [6.07, 6.45) is 4.47. The highest BCUT2D eigenvalue weighted by molar-refractivity contribution is 6.10. The predicted octanol–water partition coefficient (Wildman–Crippen LogP) is 9.90. The fraction of sp³-hybridized carbons (Fsp3) is 0.229. The number of hydrogen-bond donors (Lipinski definition) is 0. The maximum Gasteiger partial charge on any atom is 0.178 e. The third-order valence-electron chi connectivity index (χ3n) is 11.7. The summed E-state index contributed by atoms with van der Waals surface area (Å²) in [5.74, 6) is 3.15. The molecule has 0 spiro atoms. The number of fused-ring (bicyclic) bond motifs is 8. The molecule has 6 aromatic carbocycles. The van der Waals surface area contributed by atoms with Crippen molar-refractivity contribution in [2.75, 3.05) is 52.5 Å². The second kappa shape index (κ2) is 13.3. The molecule has 7 heteroatoms. The molecule has 0 atom stereocenters. The molecular formula is C48H42N2O5. The Morgan fingerprint density at radius 1 is 0.709 bits per heavy atom. The van der Waals surface area contributed by atoms with E-state index in [0.29, 0.717) is 18.8 Å². The van der Waals surface area contributed by atoms with Crippen LogP contribution < -0.4 is 23.8 Å². The zero-order chi connectivity index (χ0) is 37.9. The van der Waals surface area contributed by atoms with Gasteiger partial charge in [0.2, 0.25) is 0 Å². The average molecular weight is 727 g/mol. The van der Waals surface area contributed by atoms with Gasteiger partial charge in [-0.15, -0.1) is 0 Å². The molecule has 2 aliphatic heterocycles. The van der Waals surface area contributed by atoms with Gasteiger partial charge in [0.15, 0.2) is 5.60 Å². The van der Waals surface area contributed by atoms with E-state index in [-0.39, 0.29) is 5.41 Å². The van der Waals surface area contributed by atoms with Crippen LogP contribution in [0.3, 0.4) is 0 Å². The molecule has 0 N–H and O–H groups in total. The quantitative estimate of drug-likeness (QED) is 0.162. The van der Waals surface area contributed by atoms with Crippen molar-refractivity contribution in [1.29, 1.82) is 5.26 Å². The molecule has 3 aliphatic rings. The molecule has 55 heavy (non-hydrogen) atoms. The molecule has 0 unspecified atom stereocenters.